The molecule has 1 saturated carbocycles. The van der Waals surface area contributed by atoms with E-state index in [0.717, 1.165) is 37.7 Å². The summed E-state index contributed by atoms with van der Waals surface area (Å²) < 4.78 is -0.641. The van der Waals surface area contributed by atoms with Gasteiger partial charge in [0.15, 0.2) is 0 Å². The van der Waals surface area contributed by atoms with Crippen molar-refractivity contribution >= 4 is 29.5 Å². The summed E-state index contributed by atoms with van der Waals surface area (Å²) in [6.45, 7) is 4.30. The third-order valence-electron chi connectivity index (χ3n) is 9.07. The van der Waals surface area contributed by atoms with Gasteiger partial charge in [-0.15, -0.1) is 11.8 Å². The summed E-state index contributed by atoms with van der Waals surface area (Å²) >= 11 is 1.69. The lowest BCUT2D eigenvalue weighted by molar-refractivity contribution is -0.143. The van der Waals surface area contributed by atoms with Crippen LogP contribution in [0.25, 0.3) is 0 Å². The first-order chi connectivity index (χ1) is 17.4. The van der Waals surface area contributed by atoms with E-state index in [1.165, 1.54) is 6.42 Å². The maximum Gasteiger partial charge on any atom is 0.244 e. The summed E-state index contributed by atoms with van der Waals surface area (Å²) in [5, 5.41) is 16.6. The summed E-state index contributed by atoms with van der Waals surface area (Å²) in [5.41, 5.74) is 1.01. The van der Waals surface area contributed by atoms with Crippen molar-refractivity contribution in [2.24, 2.45) is 17.8 Å². The number of rotatable bonds is 8. The molecule has 3 amide bonds. The molecule has 5 rings (SSSR count). The Balaban J connectivity index is 1.45. The Bertz CT molecular complexity index is 980. The van der Waals surface area contributed by atoms with Crippen molar-refractivity contribution < 1.29 is 19.5 Å². The van der Waals surface area contributed by atoms with Crippen molar-refractivity contribution in [3.8, 4) is 0 Å². The van der Waals surface area contributed by atoms with Crippen LogP contribution in [0.4, 0.5) is 0 Å². The zero-order valence-electron chi connectivity index (χ0n) is 21.3. The molecule has 0 radical (unpaired) electrons. The molecule has 3 heterocycles. The molecule has 1 aromatic carbocycles. The number of nitrogens with one attached hydrogen (secondary N) is 2. The minimum atomic E-state index is -0.661. The van der Waals surface area contributed by atoms with Gasteiger partial charge in [-0.2, -0.15) is 0 Å². The highest BCUT2D eigenvalue weighted by Crippen LogP contribution is 2.68. The first kappa shape index (κ1) is 25.6. The normalized spacial score (nSPS) is 34.5. The summed E-state index contributed by atoms with van der Waals surface area (Å²) in [5.74, 6) is -1.23. The predicted octanol–water partition coefficient (Wildman–Crippen LogP) is 2.86. The molecule has 36 heavy (non-hydrogen) atoms. The average Bonchev–Trinajstić information content (AvgIpc) is 3.48. The van der Waals surface area contributed by atoms with Gasteiger partial charge in [-0.05, 0) is 37.2 Å². The Labute approximate surface area is 218 Å². The minimum absolute atomic E-state index is 0.0195. The first-order valence-electron chi connectivity index (χ1n) is 13.6. The Morgan fingerprint density at radius 3 is 2.56 bits per heavy atom. The molecule has 0 aromatic heterocycles. The molecule has 3 aliphatic heterocycles. The van der Waals surface area contributed by atoms with E-state index in [0.29, 0.717) is 13.0 Å². The van der Waals surface area contributed by atoms with Crippen LogP contribution in [-0.4, -0.2) is 62.5 Å². The summed E-state index contributed by atoms with van der Waals surface area (Å²) in [4.78, 5) is 43.3. The number of aliphatic hydroxyl groups excluding tert-OH is 1. The second-order valence-corrected chi connectivity index (χ2v) is 12.6. The highest BCUT2D eigenvalue weighted by atomic mass is 32.2. The van der Waals surface area contributed by atoms with Gasteiger partial charge < -0.3 is 20.6 Å². The number of likely N-dealkylation sites (tertiary alicyclic amines) is 1. The van der Waals surface area contributed by atoms with Crippen LogP contribution in [0.5, 0.6) is 0 Å². The second-order valence-electron chi connectivity index (χ2n) is 11.1. The van der Waals surface area contributed by atoms with Gasteiger partial charge in [-0.1, -0.05) is 63.4 Å². The zero-order valence-corrected chi connectivity index (χ0v) is 22.1. The fourth-order valence-electron chi connectivity index (χ4n) is 7.30. The predicted molar refractivity (Wildman–Crippen MR) is 140 cm³/mol. The Kier molecular flexibility index (Phi) is 7.37. The second kappa shape index (κ2) is 10.4. The Morgan fingerprint density at radius 2 is 1.89 bits per heavy atom. The standard InChI is InChI=1S/C28H39N3O4S/c1-3-20(16-32)31-24(26(34)30-19-12-8-5-9-13-19)28-17(2)14-21(36-28)22(23(28)27(31)35)25(33)29-15-18-10-6-4-7-11-18/h4,6-7,10-11,17,19-24,32H,3,5,8-9,12-16H2,1-2H3,(H,29,33)(H,30,34)/t17?,20-,21-,22+,23-,24?,28?/m0/s1. The van der Waals surface area contributed by atoms with E-state index >= 15 is 0 Å². The molecule has 8 heteroatoms. The smallest absolute Gasteiger partial charge is 0.244 e. The van der Waals surface area contributed by atoms with Crippen molar-refractivity contribution in [1.29, 1.82) is 0 Å². The van der Waals surface area contributed by atoms with Crippen LogP contribution in [0, 0.1) is 17.8 Å². The lowest BCUT2D eigenvalue weighted by Gasteiger charge is -2.40. The van der Waals surface area contributed by atoms with Crippen molar-refractivity contribution in [1.82, 2.24) is 15.5 Å². The van der Waals surface area contributed by atoms with Gasteiger partial charge in [-0.25, -0.2) is 0 Å². The van der Waals surface area contributed by atoms with Crippen LogP contribution >= 0.6 is 11.8 Å². The number of hydrogen-bond donors (Lipinski definition) is 3. The van der Waals surface area contributed by atoms with Gasteiger partial charge in [0.25, 0.3) is 0 Å². The topological polar surface area (TPSA) is 98.7 Å². The van der Waals surface area contributed by atoms with Gasteiger partial charge in [0.1, 0.15) is 6.04 Å². The maximum atomic E-state index is 14.1. The SMILES string of the molecule is CC[C@@H](CO)N1C(=O)[C@@H]2[C@H](C(=O)NCc3ccccc3)[C@@H]3CC(C)C2(S3)C1C(=O)NC1CCCCC1. The van der Waals surface area contributed by atoms with Gasteiger partial charge in [0.2, 0.25) is 17.7 Å². The molecule has 2 bridgehead atoms. The van der Waals surface area contributed by atoms with Crippen LogP contribution in [0.2, 0.25) is 0 Å². The lowest BCUT2D eigenvalue weighted by atomic mass is 9.65. The number of nitrogens with zero attached hydrogens (tertiary/aromatic N) is 1. The molecule has 3 saturated heterocycles. The van der Waals surface area contributed by atoms with E-state index in [9.17, 15) is 19.5 Å². The maximum absolute atomic E-state index is 14.1. The van der Waals surface area contributed by atoms with Crippen molar-refractivity contribution in [2.75, 3.05) is 6.61 Å². The number of carbonyl (C=O) groups excluding carboxylic acids is 3. The van der Waals surface area contributed by atoms with E-state index in [1.54, 1.807) is 16.7 Å². The molecule has 1 aromatic rings. The molecule has 4 fully saturated rings. The van der Waals surface area contributed by atoms with Gasteiger partial charge in [0, 0.05) is 17.8 Å². The number of fused-ring (bicyclic) bond motifs is 1. The Morgan fingerprint density at radius 1 is 1.17 bits per heavy atom. The molecule has 1 aliphatic carbocycles. The summed E-state index contributed by atoms with van der Waals surface area (Å²) in [7, 11) is 0. The van der Waals surface area contributed by atoms with Crippen molar-refractivity contribution in [2.45, 2.75) is 93.5 Å². The number of hydrogen-bond acceptors (Lipinski definition) is 5. The molecular formula is C28H39N3O4S. The first-order valence-corrected chi connectivity index (χ1v) is 14.5. The third kappa shape index (κ3) is 4.14. The number of carbonyl (C=O) groups is 3. The fraction of sp³-hybridized carbons (Fsp3) is 0.679. The minimum Gasteiger partial charge on any atom is -0.394 e. The lowest BCUT2D eigenvalue weighted by Crippen LogP contribution is -2.59. The highest BCUT2D eigenvalue weighted by Gasteiger charge is 2.76. The van der Waals surface area contributed by atoms with Crippen LogP contribution in [0.1, 0.15) is 64.4 Å². The molecular weight excluding hydrogens is 474 g/mol. The molecule has 196 valence electrons. The molecule has 4 aliphatic rings. The number of benzene rings is 1. The zero-order chi connectivity index (χ0) is 25.4. The number of thioether (sulfide) groups is 1. The van der Waals surface area contributed by atoms with Crippen LogP contribution in [-0.2, 0) is 20.9 Å². The van der Waals surface area contributed by atoms with Crippen molar-refractivity contribution in [3.05, 3.63) is 35.9 Å². The van der Waals surface area contributed by atoms with E-state index in [4.69, 9.17) is 0 Å². The van der Waals surface area contributed by atoms with E-state index < -0.39 is 28.7 Å². The van der Waals surface area contributed by atoms with E-state index in [-0.39, 0.29) is 41.5 Å². The largest absolute Gasteiger partial charge is 0.394 e. The van der Waals surface area contributed by atoms with Crippen LogP contribution in [0.15, 0.2) is 30.3 Å². The van der Waals surface area contributed by atoms with Gasteiger partial charge >= 0.3 is 0 Å². The van der Waals surface area contributed by atoms with E-state index in [1.807, 2.05) is 37.3 Å². The summed E-state index contributed by atoms with van der Waals surface area (Å²) in [6.07, 6.45) is 6.73. The quantitative estimate of drug-likeness (QED) is 0.497. The monoisotopic (exact) mass is 513 g/mol. The highest BCUT2D eigenvalue weighted by molar-refractivity contribution is 8.02. The van der Waals surface area contributed by atoms with Crippen molar-refractivity contribution in [3.63, 3.8) is 0 Å². The summed E-state index contributed by atoms with van der Waals surface area (Å²) in [6, 6.07) is 8.82. The molecule has 3 N–H and O–H groups in total. The van der Waals surface area contributed by atoms with Gasteiger partial charge in [-0.3, -0.25) is 14.4 Å². The Hall–Kier alpha value is -2.06. The van der Waals surface area contributed by atoms with Gasteiger partial charge in [0.05, 0.1) is 29.2 Å². The average molecular weight is 514 g/mol. The molecule has 3 unspecified atom stereocenters. The third-order valence-corrected chi connectivity index (χ3v) is 11.1. The number of amides is 3. The fourth-order valence-corrected chi connectivity index (χ4v) is 9.70. The molecule has 7 nitrogen and oxygen atoms in total. The van der Waals surface area contributed by atoms with E-state index in [2.05, 4.69) is 17.6 Å². The number of aliphatic hydroxyl groups is 1. The molecule has 1 spiro atoms. The van der Waals surface area contributed by atoms with Crippen LogP contribution < -0.4 is 10.6 Å². The molecule has 7 atom stereocenters. The van der Waals surface area contributed by atoms with Crippen LogP contribution in [0.3, 0.4) is 0 Å².